The molecule has 2 aromatic rings. The van der Waals surface area contributed by atoms with Crippen LogP contribution in [0.5, 0.6) is 0 Å². The quantitative estimate of drug-likeness (QED) is 0.698. The largest absolute Gasteiger partial charge is 0.299 e. The van der Waals surface area contributed by atoms with Gasteiger partial charge in [-0.2, -0.15) is 5.10 Å². The normalized spacial score (nSPS) is 15.0. The van der Waals surface area contributed by atoms with Gasteiger partial charge in [0, 0.05) is 42.4 Å². The summed E-state index contributed by atoms with van der Waals surface area (Å²) in [5, 5.41) is 18.6. The molecule has 7 heteroatoms. The molecule has 1 aliphatic heterocycles. The number of aromatic nitrogens is 2. The van der Waals surface area contributed by atoms with Crippen LogP contribution in [-0.4, -0.2) is 33.1 Å². The number of nitrogens with zero attached hydrogens (tertiary/aromatic N) is 3. The molecule has 0 saturated carbocycles. The summed E-state index contributed by atoms with van der Waals surface area (Å²) in [4.78, 5) is 12.9. The number of H-pyrrole nitrogens is 1. The average molecular weight is 307 g/mol. The lowest BCUT2D eigenvalue weighted by Crippen LogP contribution is -2.30. The monoisotopic (exact) mass is 306 g/mol. The Morgan fingerprint density at radius 2 is 2.33 bits per heavy atom. The molecule has 21 heavy (non-hydrogen) atoms. The lowest BCUT2D eigenvalue weighted by atomic mass is 10.0. The minimum absolute atomic E-state index is 0.0888. The van der Waals surface area contributed by atoms with E-state index in [-0.39, 0.29) is 10.7 Å². The van der Waals surface area contributed by atoms with Crippen LogP contribution < -0.4 is 0 Å². The first-order chi connectivity index (χ1) is 10.1. The maximum absolute atomic E-state index is 11.0. The number of nitro benzene ring substituents is 1. The van der Waals surface area contributed by atoms with E-state index in [1.54, 1.807) is 12.1 Å². The number of rotatable bonds is 3. The van der Waals surface area contributed by atoms with Gasteiger partial charge in [-0.05, 0) is 12.6 Å². The molecule has 1 aliphatic rings. The summed E-state index contributed by atoms with van der Waals surface area (Å²) in [5.74, 6) is 0. The maximum Gasteiger partial charge on any atom is 0.288 e. The topological polar surface area (TPSA) is 75.1 Å². The number of hydrogen-bond acceptors (Lipinski definition) is 4. The summed E-state index contributed by atoms with van der Waals surface area (Å²) >= 11 is 5.86. The van der Waals surface area contributed by atoms with E-state index in [0.717, 1.165) is 48.6 Å². The van der Waals surface area contributed by atoms with E-state index >= 15 is 0 Å². The molecule has 0 spiro atoms. The molecule has 1 aromatic heterocycles. The molecule has 3 rings (SSSR count). The zero-order valence-electron chi connectivity index (χ0n) is 11.6. The van der Waals surface area contributed by atoms with E-state index in [1.807, 2.05) is 0 Å². The molecule has 6 nitrogen and oxygen atoms in total. The average Bonchev–Trinajstić information content (AvgIpc) is 2.90. The highest BCUT2D eigenvalue weighted by Crippen LogP contribution is 2.33. The predicted molar refractivity (Wildman–Crippen MR) is 80.3 cm³/mol. The van der Waals surface area contributed by atoms with Crippen LogP contribution in [0.1, 0.15) is 18.2 Å². The lowest BCUT2D eigenvalue weighted by molar-refractivity contribution is -0.384. The molecular formula is C14H15ClN4O2. The molecule has 0 atom stereocenters. The van der Waals surface area contributed by atoms with Gasteiger partial charge in [-0.1, -0.05) is 24.6 Å². The van der Waals surface area contributed by atoms with Crippen molar-refractivity contribution < 1.29 is 4.92 Å². The van der Waals surface area contributed by atoms with Gasteiger partial charge in [0.25, 0.3) is 5.69 Å². The third kappa shape index (κ3) is 2.52. The smallest absolute Gasteiger partial charge is 0.288 e. The number of halogens is 1. The highest BCUT2D eigenvalue weighted by Gasteiger charge is 2.23. The number of benzene rings is 1. The number of hydrogen-bond donors (Lipinski definition) is 1. The third-order valence-electron chi connectivity index (χ3n) is 3.88. The van der Waals surface area contributed by atoms with Crippen LogP contribution in [0.4, 0.5) is 5.69 Å². The van der Waals surface area contributed by atoms with Crippen molar-refractivity contribution in [1.29, 1.82) is 0 Å². The van der Waals surface area contributed by atoms with Gasteiger partial charge in [0.15, 0.2) is 0 Å². The van der Waals surface area contributed by atoms with Gasteiger partial charge in [-0.3, -0.25) is 20.1 Å². The Labute approximate surface area is 126 Å². The SMILES string of the molecule is CCN1CCc2[nH]nc(-c3ccc(Cl)c([N+](=O)[O-])c3)c2C1. The van der Waals surface area contributed by atoms with E-state index < -0.39 is 4.92 Å². The molecule has 0 saturated heterocycles. The van der Waals surface area contributed by atoms with Gasteiger partial charge in [0.2, 0.25) is 0 Å². The van der Waals surface area contributed by atoms with Crippen molar-refractivity contribution in [2.45, 2.75) is 19.9 Å². The van der Waals surface area contributed by atoms with E-state index in [2.05, 4.69) is 22.0 Å². The molecule has 0 fully saturated rings. The number of likely N-dealkylation sites (N-methyl/N-ethyl adjacent to an activating group) is 1. The fourth-order valence-corrected chi connectivity index (χ4v) is 2.85. The van der Waals surface area contributed by atoms with Crippen molar-refractivity contribution in [3.8, 4) is 11.3 Å². The van der Waals surface area contributed by atoms with Crippen LogP contribution in [0.25, 0.3) is 11.3 Å². The van der Waals surface area contributed by atoms with Crippen molar-refractivity contribution in [1.82, 2.24) is 15.1 Å². The van der Waals surface area contributed by atoms with Crippen molar-refractivity contribution in [3.05, 3.63) is 44.6 Å². The predicted octanol–water partition coefficient (Wildman–Crippen LogP) is 3.02. The highest BCUT2D eigenvalue weighted by molar-refractivity contribution is 6.32. The molecule has 110 valence electrons. The van der Waals surface area contributed by atoms with E-state index in [1.165, 1.54) is 6.07 Å². The highest BCUT2D eigenvalue weighted by atomic mass is 35.5. The third-order valence-corrected chi connectivity index (χ3v) is 4.20. The van der Waals surface area contributed by atoms with E-state index in [0.29, 0.717) is 0 Å². The summed E-state index contributed by atoms with van der Waals surface area (Å²) in [5.41, 5.74) is 3.66. The molecule has 0 unspecified atom stereocenters. The summed E-state index contributed by atoms with van der Waals surface area (Å²) < 4.78 is 0. The summed E-state index contributed by atoms with van der Waals surface area (Å²) in [6.07, 6.45) is 0.922. The van der Waals surface area contributed by atoms with Gasteiger partial charge < -0.3 is 0 Å². The van der Waals surface area contributed by atoms with Crippen LogP contribution in [0.2, 0.25) is 5.02 Å². The van der Waals surface area contributed by atoms with Crippen molar-refractivity contribution in [3.63, 3.8) is 0 Å². The molecule has 0 amide bonds. The van der Waals surface area contributed by atoms with Gasteiger partial charge in [-0.25, -0.2) is 0 Å². The van der Waals surface area contributed by atoms with Gasteiger partial charge in [-0.15, -0.1) is 0 Å². The molecule has 0 radical (unpaired) electrons. The van der Waals surface area contributed by atoms with Crippen molar-refractivity contribution in [2.75, 3.05) is 13.1 Å². The lowest BCUT2D eigenvalue weighted by Gasteiger charge is -2.25. The number of aromatic amines is 1. The van der Waals surface area contributed by atoms with Crippen molar-refractivity contribution >= 4 is 17.3 Å². The van der Waals surface area contributed by atoms with Crippen molar-refractivity contribution in [2.24, 2.45) is 0 Å². The minimum atomic E-state index is -0.469. The maximum atomic E-state index is 11.0. The second-order valence-corrected chi connectivity index (χ2v) is 5.48. The number of nitro groups is 1. The molecule has 1 N–H and O–H groups in total. The first-order valence-corrected chi connectivity index (χ1v) is 7.20. The Morgan fingerprint density at radius 3 is 3.05 bits per heavy atom. The summed E-state index contributed by atoms with van der Waals surface area (Å²) in [7, 11) is 0. The van der Waals surface area contributed by atoms with Crippen LogP contribution in [0.15, 0.2) is 18.2 Å². The van der Waals surface area contributed by atoms with E-state index in [4.69, 9.17) is 11.6 Å². The van der Waals surface area contributed by atoms with Gasteiger partial charge in [0.05, 0.1) is 10.6 Å². The fourth-order valence-electron chi connectivity index (χ4n) is 2.66. The standard InChI is InChI=1S/C14H15ClN4O2/c1-2-18-6-5-12-10(8-18)14(17-16-12)9-3-4-11(15)13(7-9)19(20)21/h3-4,7H,2,5-6,8H2,1H3,(H,16,17). The van der Waals surface area contributed by atoms with Crippen LogP contribution in [0.3, 0.4) is 0 Å². The van der Waals surface area contributed by atoms with E-state index in [9.17, 15) is 10.1 Å². The fraction of sp³-hybridized carbons (Fsp3) is 0.357. The molecule has 0 aliphatic carbocycles. The molecular weight excluding hydrogens is 292 g/mol. The Bertz CT molecular complexity index is 698. The number of nitrogens with one attached hydrogen (secondary N) is 1. The molecule has 1 aromatic carbocycles. The zero-order valence-corrected chi connectivity index (χ0v) is 12.4. The second-order valence-electron chi connectivity index (χ2n) is 5.07. The van der Waals surface area contributed by atoms with Crippen LogP contribution in [-0.2, 0) is 13.0 Å². The Hall–Kier alpha value is -1.92. The van der Waals surface area contributed by atoms with Crippen LogP contribution >= 0.6 is 11.6 Å². The summed E-state index contributed by atoms with van der Waals surface area (Å²) in [6, 6.07) is 4.82. The zero-order chi connectivity index (χ0) is 15.0. The van der Waals surface area contributed by atoms with Crippen LogP contribution in [0, 0.1) is 10.1 Å². The Kier molecular flexibility index (Phi) is 3.65. The number of fused-ring (bicyclic) bond motifs is 1. The minimum Gasteiger partial charge on any atom is -0.299 e. The first-order valence-electron chi connectivity index (χ1n) is 6.83. The second kappa shape index (κ2) is 5.46. The van der Waals surface area contributed by atoms with Gasteiger partial charge >= 0.3 is 0 Å². The Balaban J connectivity index is 2.04. The van der Waals surface area contributed by atoms with Gasteiger partial charge in [0.1, 0.15) is 5.02 Å². The molecule has 0 bridgehead atoms. The Morgan fingerprint density at radius 1 is 1.52 bits per heavy atom. The summed E-state index contributed by atoms with van der Waals surface area (Å²) in [6.45, 7) is 4.92. The molecule has 2 heterocycles. The first kappa shape index (κ1) is 14.0.